The minimum Gasteiger partial charge on any atom is -0.114 e. The van der Waals surface area contributed by atoms with Crippen LogP contribution in [0.15, 0.2) is 121 Å². The Kier molecular flexibility index (Phi) is 13.1. The number of alkyl halides is 1. The van der Waals surface area contributed by atoms with Crippen LogP contribution >= 0.6 is 57.8 Å². The smallest absolute Gasteiger partial charge is 0.0367 e. The molecule has 0 aliphatic heterocycles. The molecule has 1 unspecified atom stereocenters. The third kappa shape index (κ3) is 8.12. The number of hydrogen-bond acceptors (Lipinski definition) is 0. The Morgan fingerprint density at radius 2 is 0.767 bits per heavy atom. The van der Waals surface area contributed by atoms with Gasteiger partial charge >= 0.3 is 0 Å². The number of rotatable bonds is 4. The molecule has 0 saturated heterocycles. The second-order valence-corrected chi connectivity index (χ2v) is 9.96. The van der Waals surface area contributed by atoms with E-state index < -0.39 is 7.92 Å². The Balaban J connectivity index is 0.000000351. The van der Waals surface area contributed by atoms with E-state index in [0.29, 0.717) is 4.83 Å². The number of halogens is 3. The average molecular weight is 609 g/mol. The summed E-state index contributed by atoms with van der Waals surface area (Å²) in [6, 6.07) is 42.7. The van der Waals surface area contributed by atoms with Crippen molar-refractivity contribution in [1.82, 2.24) is 0 Å². The van der Waals surface area contributed by atoms with Crippen LogP contribution < -0.4 is 15.9 Å². The molecule has 0 nitrogen and oxygen atoms in total. The van der Waals surface area contributed by atoms with Crippen LogP contribution in [0.4, 0.5) is 0 Å². The van der Waals surface area contributed by atoms with E-state index in [4.69, 9.17) is 0 Å². The third-order valence-electron chi connectivity index (χ3n) is 4.30. The zero-order valence-corrected chi connectivity index (χ0v) is 22.7. The molecule has 0 aromatic heterocycles. The maximum absolute atomic E-state index is 3.48. The Labute approximate surface area is 211 Å². The molecule has 4 heteroatoms. The Bertz CT molecular complexity index is 837. The highest BCUT2D eigenvalue weighted by Gasteiger charge is 2.14. The topological polar surface area (TPSA) is 0 Å². The number of hydrogen-bond donors (Lipinski definition) is 0. The van der Waals surface area contributed by atoms with Crippen molar-refractivity contribution in [2.24, 2.45) is 0 Å². The second-order valence-electron chi connectivity index (χ2n) is 6.37. The molecule has 0 radical (unpaired) electrons. The first-order chi connectivity index (χ1) is 13.8. The minimum absolute atomic E-state index is 0. The van der Waals surface area contributed by atoms with Gasteiger partial charge in [0.1, 0.15) is 0 Å². The minimum atomic E-state index is -0.446. The van der Waals surface area contributed by atoms with Gasteiger partial charge in [-0.1, -0.05) is 137 Å². The highest BCUT2D eigenvalue weighted by atomic mass is 79.9. The van der Waals surface area contributed by atoms with Crippen molar-refractivity contribution in [3.8, 4) is 0 Å². The van der Waals surface area contributed by atoms with Crippen LogP contribution in [-0.2, 0) is 0 Å². The molecule has 0 N–H and O–H groups in total. The van der Waals surface area contributed by atoms with Crippen LogP contribution in [0.3, 0.4) is 0 Å². The lowest BCUT2D eigenvalue weighted by atomic mass is 10.2. The summed E-state index contributed by atoms with van der Waals surface area (Å²) in [6.07, 6.45) is 0. The van der Waals surface area contributed by atoms with E-state index in [2.05, 4.69) is 126 Å². The standard InChI is InChI=1S/C18H15P.C8H9Br.2BrH/c1-4-10-16(11-5-1)19(17-12-6-2-7-13-17)18-14-8-3-9-15-18;1-7(9)8-5-3-2-4-6-8;;/h1-15H;2-7H,1H3;2*1H. The highest BCUT2D eigenvalue weighted by Crippen LogP contribution is 2.32. The van der Waals surface area contributed by atoms with Crippen LogP contribution in [0, 0.1) is 0 Å². The van der Waals surface area contributed by atoms with Gasteiger partial charge in [0.2, 0.25) is 0 Å². The molecule has 4 rings (SSSR count). The van der Waals surface area contributed by atoms with E-state index in [0.717, 1.165) is 0 Å². The molecule has 4 aromatic rings. The van der Waals surface area contributed by atoms with Crippen molar-refractivity contribution in [3.63, 3.8) is 0 Å². The van der Waals surface area contributed by atoms with E-state index in [9.17, 15) is 0 Å². The molecule has 0 saturated carbocycles. The third-order valence-corrected chi connectivity index (χ3v) is 7.27. The molecule has 30 heavy (non-hydrogen) atoms. The van der Waals surface area contributed by atoms with Gasteiger partial charge in [-0.25, -0.2) is 0 Å². The van der Waals surface area contributed by atoms with Gasteiger partial charge in [-0.3, -0.25) is 0 Å². The highest BCUT2D eigenvalue weighted by molar-refractivity contribution is 9.09. The fourth-order valence-electron chi connectivity index (χ4n) is 2.90. The van der Waals surface area contributed by atoms with Crippen molar-refractivity contribution < 1.29 is 0 Å². The van der Waals surface area contributed by atoms with Gasteiger partial charge in [-0.15, -0.1) is 34.0 Å². The largest absolute Gasteiger partial charge is 0.114 e. The predicted molar refractivity (Wildman–Crippen MR) is 150 cm³/mol. The molecule has 4 aromatic carbocycles. The Morgan fingerprint density at radius 3 is 1.00 bits per heavy atom. The fraction of sp³-hybridized carbons (Fsp3) is 0.0769. The lowest BCUT2D eigenvalue weighted by molar-refractivity contribution is 1.12. The molecule has 0 fully saturated rings. The van der Waals surface area contributed by atoms with Gasteiger partial charge in [-0.05, 0) is 36.3 Å². The maximum atomic E-state index is 3.48. The fourth-order valence-corrected chi connectivity index (χ4v) is 5.51. The first kappa shape index (κ1) is 26.8. The first-order valence-electron chi connectivity index (χ1n) is 9.40. The average Bonchev–Trinajstić information content (AvgIpc) is 2.77. The lowest BCUT2D eigenvalue weighted by Gasteiger charge is -2.18. The van der Waals surface area contributed by atoms with E-state index in [1.165, 1.54) is 21.5 Å². The lowest BCUT2D eigenvalue weighted by Crippen LogP contribution is -2.20. The van der Waals surface area contributed by atoms with Crippen LogP contribution in [-0.4, -0.2) is 0 Å². The molecular weight excluding hydrogens is 583 g/mol. The first-order valence-corrected chi connectivity index (χ1v) is 11.7. The SMILES string of the molecule is Br.Br.CC(Br)c1ccccc1.c1ccc(P(c2ccccc2)c2ccccc2)cc1. The molecule has 0 aliphatic carbocycles. The molecule has 1 atom stereocenters. The molecule has 0 heterocycles. The van der Waals surface area contributed by atoms with Crippen molar-refractivity contribution >= 4 is 73.7 Å². The molecule has 0 amide bonds. The number of benzene rings is 4. The van der Waals surface area contributed by atoms with Gasteiger partial charge in [0.25, 0.3) is 0 Å². The zero-order valence-electron chi connectivity index (χ0n) is 16.8. The molecule has 156 valence electrons. The van der Waals surface area contributed by atoms with Gasteiger partial charge in [0, 0.05) is 4.83 Å². The quantitative estimate of drug-likeness (QED) is 0.164. The summed E-state index contributed by atoms with van der Waals surface area (Å²) in [4.78, 5) is 0.471. The molecule has 0 aliphatic rings. The van der Waals surface area contributed by atoms with Gasteiger partial charge in [-0.2, -0.15) is 0 Å². The Hall–Kier alpha value is -1.25. The normalized spacial score (nSPS) is 10.6. The van der Waals surface area contributed by atoms with Crippen LogP contribution in [0.1, 0.15) is 17.3 Å². The van der Waals surface area contributed by atoms with Crippen LogP contribution in [0.5, 0.6) is 0 Å². The summed E-state index contributed by atoms with van der Waals surface area (Å²) < 4.78 is 0. The van der Waals surface area contributed by atoms with E-state index in [1.807, 2.05) is 18.2 Å². The summed E-state index contributed by atoms with van der Waals surface area (Å²) in [5.41, 5.74) is 1.33. The van der Waals surface area contributed by atoms with Gasteiger partial charge in [0.15, 0.2) is 0 Å². The van der Waals surface area contributed by atoms with E-state index in [1.54, 1.807) is 0 Å². The summed E-state index contributed by atoms with van der Waals surface area (Å²) in [5.74, 6) is 0. The summed E-state index contributed by atoms with van der Waals surface area (Å²) >= 11 is 3.48. The van der Waals surface area contributed by atoms with Crippen molar-refractivity contribution in [1.29, 1.82) is 0 Å². The monoisotopic (exact) mass is 606 g/mol. The van der Waals surface area contributed by atoms with E-state index >= 15 is 0 Å². The van der Waals surface area contributed by atoms with Crippen LogP contribution in [0.25, 0.3) is 0 Å². The van der Waals surface area contributed by atoms with Crippen molar-refractivity contribution in [2.75, 3.05) is 0 Å². The van der Waals surface area contributed by atoms with Crippen LogP contribution in [0.2, 0.25) is 0 Å². The second kappa shape index (κ2) is 14.7. The maximum Gasteiger partial charge on any atom is 0.0367 e. The summed E-state index contributed by atoms with van der Waals surface area (Å²) in [7, 11) is -0.446. The zero-order chi connectivity index (χ0) is 19.6. The van der Waals surface area contributed by atoms with Gasteiger partial charge in [0.05, 0.1) is 0 Å². The Morgan fingerprint density at radius 1 is 0.500 bits per heavy atom. The predicted octanol–water partition coefficient (Wildman–Crippen LogP) is 7.74. The van der Waals surface area contributed by atoms with E-state index in [-0.39, 0.29) is 34.0 Å². The summed E-state index contributed by atoms with van der Waals surface area (Å²) in [5, 5.41) is 4.19. The van der Waals surface area contributed by atoms with Gasteiger partial charge < -0.3 is 0 Å². The summed E-state index contributed by atoms with van der Waals surface area (Å²) in [6.45, 7) is 2.12. The molecule has 0 bridgehead atoms. The molecule has 0 spiro atoms. The van der Waals surface area contributed by atoms with Crippen molar-refractivity contribution in [2.45, 2.75) is 11.8 Å². The molecular formula is C26H26Br3P. The van der Waals surface area contributed by atoms with Crippen molar-refractivity contribution in [3.05, 3.63) is 127 Å².